The minimum Gasteiger partial charge on any atom is -0.432 e. The van der Waals surface area contributed by atoms with Crippen LogP contribution in [-0.4, -0.2) is 51.2 Å². The number of carbonyl (C=O) groups excluding carboxylic acids is 1. The molecule has 0 aliphatic heterocycles. The fourth-order valence-corrected chi connectivity index (χ4v) is 3.74. The van der Waals surface area contributed by atoms with Crippen LogP contribution in [0, 0.1) is 0 Å². The Balaban J connectivity index is 1.84. The highest BCUT2D eigenvalue weighted by molar-refractivity contribution is 7.92. The van der Waals surface area contributed by atoms with Crippen LogP contribution in [0.1, 0.15) is 29.1 Å². The smallest absolute Gasteiger partial charge is 0.432 e. The summed E-state index contributed by atoms with van der Waals surface area (Å²) in [4.78, 5) is 23.0. The lowest BCUT2D eigenvalue weighted by atomic mass is 10.2. The van der Waals surface area contributed by atoms with Gasteiger partial charge in [-0.2, -0.15) is 31.7 Å². The second-order valence-electron chi connectivity index (χ2n) is 6.45. The Labute approximate surface area is 192 Å². The van der Waals surface area contributed by atoms with Gasteiger partial charge in [-0.15, -0.1) is 0 Å². The van der Waals surface area contributed by atoms with Gasteiger partial charge in [-0.3, -0.25) is 4.79 Å². The van der Waals surface area contributed by atoms with Crippen LogP contribution in [0.2, 0.25) is 5.02 Å². The van der Waals surface area contributed by atoms with Gasteiger partial charge in [0.1, 0.15) is 6.33 Å². The van der Waals surface area contributed by atoms with Crippen LogP contribution in [0.15, 0.2) is 41.8 Å². The number of alkyl halides is 5. The van der Waals surface area contributed by atoms with Gasteiger partial charge in [-0.1, -0.05) is 11.6 Å². The Morgan fingerprint density at radius 2 is 1.79 bits per heavy atom. The van der Waals surface area contributed by atoms with Gasteiger partial charge < -0.3 is 10.1 Å². The van der Waals surface area contributed by atoms with Crippen molar-refractivity contribution in [1.82, 2.24) is 30.0 Å². The van der Waals surface area contributed by atoms with Gasteiger partial charge in [0.2, 0.25) is 0 Å². The zero-order valence-electron chi connectivity index (χ0n) is 16.7. The number of hydrogen-bond donors (Lipinski definition) is 1. The van der Waals surface area contributed by atoms with Gasteiger partial charge in [0.25, 0.3) is 21.7 Å². The number of nitrogens with zero attached hydrogens (tertiary/aromatic N) is 5. The van der Waals surface area contributed by atoms with Crippen molar-refractivity contribution in [3.8, 4) is 11.7 Å². The zero-order valence-corrected chi connectivity index (χ0v) is 18.2. The molecule has 0 saturated carbocycles. The Bertz CT molecular complexity index is 1300. The van der Waals surface area contributed by atoms with Gasteiger partial charge in [0.15, 0.2) is 11.6 Å². The molecule has 1 atom stereocenters. The topological polar surface area (TPSA) is 129 Å². The van der Waals surface area contributed by atoms with E-state index in [1.165, 1.54) is 6.92 Å². The summed E-state index contributed by atoms with van der Waals surface area (Å²) in [6.45, 7) is -1.64. The molecule has 3 aromatic rings. The van der Waals surface area contributed by atoms with Gasteiger partial charge in [-0.25, -0.2) is 23.4 Å². The number of rotatable bonds is 7. The van der Waals surface area contributed by atoms with Crippen LogP contribution < -0.4 is 10.1 Å². The molecule has 1 aromatic carbocycles. The third kappa shape index (κ3) is 5.39. The highest BCUT2D eigenvalue weighted by Gasteiger charge is 2.47. The van der Waals surface area contributed by atoms with Crippen LogP contribution in [-0.2, 0) is 9.84 Å². The molecule has 3 rings (SSSR count). The van der Waals surface area contributed by atoms with E-state index in [0.717, 1.165) is 29.5 Å². The SMILES string of the molecule is C[C@H](NC(=O)c1cc(Cl)cc(S(=O)(=O)C(F)(F)F)c1)c1ncnn1-c1ncc(OC(F)F)cn1. The highest BCUT2D eigenvalue weighted by Crippen LogP contribution is 2.32. The predicted molar refractivity (Wildman–Crippen MR) is 104 cm³/mol. The lowest BCUT2D eigenvalue weighted by Crippen LogP contribution is -2.29. The molecule has 17 heteroatoms. The van der Waals surface area contributed by atoms with E-state index < -0.39 is 49.4 Å². The summed E-state index contributed by atoms with van der Waals surface area (Å²) < 4.78 is 91.7. The molecule has 34 heavy (non-hydrogen) atoms. The monoisotopic (exact) mass is 526 g/mol. The first-order valence-corrected chi connectivity index (χ1v) is 10.8. The quantitative estimate of drug-likeness (QED) is 0.465. The molecule has 0 fully saturated rings. The Morgan fingerprint density at radius 1 is 1.15 bits per heavy atom. The first kappa shape index (κ1) is 25.2. The number of ether oxygens (including phenoxy) is 1. The Hall–Kier alpha value is -3.40. The van der Waals surface area contributed by atoms with Crippen molar-refractivity contribution >= 4 is 27.3 Å². The summed E-state index contributed by atoms with van der Waals surface area (Å²) in [6.07, 6.45) is 2.99. The average molecular weight is 527 g/mol. The molecule has 182 valence electrons. The van der Waals surface area contributed by atoms with Crippen molar-refractivity contribution in [2.45, 2.75) is 30.0 Å². The van der Waals surface area contributed by atoms with E-state index in [1.54, 1.807) is 0 Å². The number of amides is 1. The lowest BCUT2D eigenvalue weighted by Gasteiger charge is -2.15. The van der Waals surface area contributed by atoms with Gasteiger partial charge in [-0.05, 0) is 25.1 Å². The largest absolute Gasteiger partial charge is 0.501 e. The molecule has 0 aliphatic rings. The maximum atomic E-state index is 12.9. The summed E-state index contributed by atoms with van der Waals surface area (Å²) in [7, 11) is -5.75. The summed E-state index contributed by atoms with van der Waals surface area (Å²) in [6, 6.07) is 1.14. The molecule has 1 amide bonds. The Kier molecular flexibility index (Phi) is 7.02. The van der Waals surface area contributed by atoms with Crippen molar-refractivity contribution < 1.29 is 39.9 Å². The van der Waals surface area contributed by atoms with Crippen molar-refractivity contribution in [3.05, 3.63) is 53.3 Å². The van der Waals surface area contributed by atoms with E-state index in [4.69, 9.17) is 11.6 Å². The number of benzene rings is 1. The molecular formula is C17H12ClF5N6O4S. The number of halogens is 6. The molecular weight excluding hydrogens is 515 g/mol. The normalized spacial score (nSPS) is 13.1. The number of carbonyl (C=O) groups is 1. The van der Waals surface area contributed by atoms with Gasteiger partial charge in [0.05, 0.1) is 23.3 Å². The number of hydrogen-bond acceptors (Lipinski definition) is 8. The van der Waals surface area contributed by atoms with Crippen molar-refractivity contribution in [2.24, 2.45) is 0 Å². The Morgan fingerprint density at radius 3 is 2.38 bits per heavy atom. The van der Waals surface area contributed by atoms with E-state index in [9.17, 15) is 35.2 Å². The fraction of sp³-hybridized carbons (Fsp3) is 0.235. The van der Waals surface area contributed by atoms with Crippen molar-refractivity contribution in [2.75, 3.05) is 0 Å². The molecule has 0 unspecified atom stereocenters. The minimum absolute atomic E-state index is 0.0565. The third-order valence-electron chi connectivity index (χ3n) is 4.09. The molecule has 0 spiro atoms. The highest BCUT2D eigenvalue weighted by atomic mass is 35.5. The van der Waals surface area contributed by atoms with Crippen LogP contribution in [0.5, 0.6) is 5.75 Å². The van der Waals surface area contributed by atoms with E-state index in [2.05, 4.69) is 30.1 Å². The number of aromatic nitrogens is 5. The summed E-state index contributed by atoms with van der Waals surface area (Å²) in [5.74, 6) is -1.34. The third-order valence-corrected chi connectivity index (χ3v) is 5.77. The maximum absolute atomic E-state index is 12.9. The molecule has 0 bridgehead atoms. The summed E-state index contributed by atoms with van der Waals surface area (Å²) in [5.41, 5.74) is -6.05. The maximum Gasteiger partial charge on any atom is 0.501 e. The first-order chi connectivity index (χ1) is 15.8. The van der Waals surface area contributed by atoms with Crippen LogP contribution >= 0.6 is 11.6 Å². The fourth-order valence-electron chi connectivity index (χ4n) is 2.61. The molecule has 2 heterocycles. The van der Waals surface area contributed by atoms with Crippen LogP contribution in [0.25, 0.3) is 5.95 Å². The van der Waals surface area contributed by atoms with E-state index in [1.807, 2.05) is 0 Å². The van der Waals surface area contributed by atoms with E-state index in [0.29, 0.717) is 12.1 Å². The molecule has 1 N–H and O–H groups in total. The standard InChI is InChI=1S/C17H12ClF5N6O4S/c1-8(13-26-7-27-29(13)16-24-5-11(6-25-16)33-15(19)20)28-14(30)9-2-10(18)4-12(3-9)34(31,32)17(21,22)23/h2-8,15H,1H3,(H,28,30)/t8-/m0/s1. The predicted octanol–water partition coefficient (Wildman–Crippen LogP) is 3.10. The minimum atomic E-state index is -5.75. The summed E-state index contributed by atoms with van der Waals surface area (Å²) >= 11 is 5.72. The van der Waals surface area contributed by atoms with Crippen LogP contribution in [0.4, 0.5) is 22.0 Å². The summed E-state index contributed by atoms with van der Waals surface area (Å²) in [5, 5.41) is 5.88. The second-order valence-corrected chi connectivity index (χ2v) is 8.82. The van der Waals surface area contributed by atoms with Crippen molar-refractivity contribution in [1.29, 1.82) is 0 Å². The second kappa shape index (κ2) is 9.46. The van der Waals surface area contributed by atoms with Gasteiger partial charge >= 0.3 is 12.1 Å². The zero-order chi connectivity index (χ0) is 25.3. The van der Waals surface area contributed by atoms with E-state index in [-0.39, 0.29) is 17.5 Å². The van der Waals surface area contributed by atoms with E-state index >= 15 is 0 Å². The molecule has 10 nitrogen and oxygen atoms in total. The number of nitrogens with one attached hydrogen (secondary N) is 1. The van der Waals surface area contributed by atoms with Crippen LogP contribution in [0.3, 0.4) is 0 Å². The molecule has 0 aliphatic carbocycles. The first-order valence-electron chi connectivity index (χ1n) is 8.89. The molecule has 2 aromatic heterocycles. The van der Waals surface area contributed by atoms with Gasteiger partial charge in [0, 0.05) is 10.6 Å². The average Bonchev–Trinajstić information content (AvgIpc) is 3.22. The molecule has 0 radical (unpaired) electrons. The lowest BCUT2D eigenvalue weighted by molar-refractivity contribution is -0.0503. The number of sulfone groups is 1. The van der Waals surface area contributed by atoms with Crippen molar-refractivity contribution in [3.63, 3.8) is 0 Å². The molecule has 0 saturated heterocycles.